The summed E-state index contributed by atoms with van der Waals surface area (Å²) in [6, 6.07) is 42.6. The van der Waals surface area contributed by atoms with E-state index >= 15 is 0 Å². The van der Waals surface area contributed by atoms with Gasteiger partial charge in [-0.1, -0.05) is 178 Å². The summed E-state index contributed by atoms with van der Waals surface area (Å²) >= 11 is 50.0. The van der Waals surface area contributed by atoms with Crippen molar-refractivity contribution < 1.29 is 36.1 Å². The number of nitrogens with zero attached hydrogens (tertiary/aromatic N) is 4. The number of imidazole rings is 2. The summed E-state index contributed by atoms with van der Waals surface area (Å²) in [6.45, 7) is 3.62. The van der Waals surface area contributed by atoms with E-state index in [2.05, 4.69) is 91.8 Å². The number of aromatic nitrogens is 4. The van der Waals surface area contributed by atoms with Gasteiger partial charge in [0.05, 0.1) is 26.3 Å². The molecule has 0 saturated carbocycles. The van der Waals surface area contributed by atoms with Crippen LogP contribution in [0.2, 0.25) is 40.2 Å². The van der Waals surface area contributed by atoms with Gasteiger partial charge in [-0.05, 0) is 70.8 Å². The van der Waals surface area contributed by atoms with Gasteiger partial charge in [-0.2, -0.15) is 0 Å². The van der Waals surface area contributed by atoms with Gasteiger partial charge in [-0.3, -0.25) is 8.42 Å². The summed E-state index contributed by atoms with van der Waals surface area (Å²) in [4.78, 5) is 0. The molecule has 372 valence electrons. The van der Waals surface area contributed by atoms with Crippen molar-refractivity contribution in [3.05, 3.63) is 244 Å². The van der Waals surface area contributed by atoms with Crippen LogP contribution in [0.4, 0.5) is 0 Å². The molecule has 0 fully saturated rings. The standard InChI is InChI=1S/2C26H23Cl4N2O.H2O4S/c2*27-21-7-6-20(24(29)14-21)17-33-26(23-9-8-22(28)15-25(23)30)16-32-13-12-31(18-32)11-10-19-4-2-1-3-5-19;1-5(2,3)4/h2*1-9,12-15,18,26H,10-11,16-17H2;(H2,1,2,3,4)/q2*+1;/p-2. The van der Waals surface area contributed by atoms with Crippen LogP contribution in [-0.2, 0) is 72.1 Å². The minimum absolute atomic E-state index is 0.295. The fourth-order valence-electron chi connectivity index (χ4n) is 7.21. The predicted octanol–water partition coefficient (Wildman–Crippen LogP) is 13.8. The quantitative estimate of drug-likeness (QED) is 0.0480. The Hall–Kier alpha value is -4.15. The summed E-state index contributed by atoms with van der Waals surface area (Å²) in [5.74, 6) is 0. The highest BCUT2D eigenvalue weighted by molar-refractivity contribution is 7.79. The van der Waals surface area contributed by atoms with Gasteiger partial charge in [0.1, 0.15) is 50.1 Å². The Bertz CT molecular complexity index is 2870. The molecule has 0 aliphatic carbocycles. The lowest BCUT2D eigenvalue weighted by molar-refractivity contribution is -0.705. The fraction of sp³-hybridized carbons (Fsp3) is 0.192. The lowest BCUT2D eigenvalue weighted by Gasteiger charge is -2.19. The first-order chi connectivity index (χ1) is 33.9. The van der Waals surface area contributed by atoms with Gasteiger partial charge in [0, 0.05) is 74.5 Å². The molecule has 0 N–H and O–H groups in total. The number of aryl methyl sites for hydroxylation is 4. The van der Waals surface area contributed by atoms with E-state index in [9.17, 15) is 0 Å². The summed E-state index contributed by atoms with van der Waals surface area (Å²) in [5.41, 5.74) is 6.09. The Morgan fingerprint density at radius 1 is 0.479 bits per heavy atom. The largest absolute Gasteiger partial charge is 0.759 e. The Morgan fingerprint density at radius 3 is 1.15 bits per heavy atom. The van der Waals surface area contributed by atoms with Gasteiger partial charge in [-0.15, -0.1) is 0 Å². The van der Waals surface area contributed by atoms with Crippen LogP contribution in [0.1, 0.15) is 45.6 Å². The number of halogens is 8. The van der Waals surface area contributed by atoms with E-state index < -0.39 is 10.4 Å². The number of ether oxygens (including phenoxy) is 2. The third-order valence-corrected chi connectivity index (χ3v) is 13.1. The minimum Gasteiger partial charge on any atom is -0.759 e. The highest BCUT2D eigenvalue weighted by atomic mass is 35.5. The first-order valence-corrected chi connectivity index (χ1v) is 26.2. The number of rotatable bonds is 18. The number of hydrogen-bond acceptors (Lipinski definition) is 6. The van der Waals surface area contributed by atoms with Crippen molar-refractivity contribution in [1.82, 2.24) is 9.13 Å². The molecule has 0 radical (unpaired) electrons. The molecule has 0 bridgehead atoms. The van der Waals surface area contributed by atoms with E-state index in [1.165, 1.54) is 11.1 Å². The maximum atomic E-state index is 8.52. The normalized spacial score (nSPS) is 12.1. The maximum absolute atomic E-state index is 8.52. The van der Waals surface area contributed by atoms with Gasteiger partial charge in [0.15, 0.2) is 0 Å². The molecular formula is C52H46Cl8N4O6S. The molecule has 2 heterocycles. The van der Waals surface area contributed by atoms with Crippen molar-refractivity contribution in [2.45, 2.75) is 64.4 Å². The second-order valence-corrected chi connectivity index (χ2v) is 20.2. The zero-order valence-electron chi connectivity index (χ0n) is 37.6. The lowest BCUT2D eigenvalue weighted by Crippen LogP contribution is -2.35. The molecule has 0 aliphatic rings. The zero-order valence-corrected chi connectivity index (χ0v) is 44.5. The third kappa shape index (κ3) is 19.3. The smallest absolute Gasteiger partial charge is 0.243 e. The minimum atomic E-state index is -5.17. The average molecular weight is 1140 g/mol. The molecule has 0 aliphatic heterocycles. The van der Waals surface area contributed by atoms with E-state index in [4.69, 9.17) is 120 Å². The van der Waals surface area contributed by atoms with Crippen LogP contribution < -0.4 is 9.13 Å². The molecular weight excluding hydrogens is 1090 g/mol. The highest BCUT2D eigenvalue weighted by Crippen LogP contribution is 2.33. The topological polar surface area (TPSA) is 116 Å². The summed E-state index contributed by atoms with van der Waals surface area (Å²) in [7, 11) is -5.17. The van der Waals surface area contributed by atoms with E-state index in [0.29, 0.717) is 66.5 Å². The van der Waals surface area contributed by atoms with Crippen molar-refractivity contribution in [2.75, 3.05) is 0 Å². The molecule has 19 heteroatoms. The van der Waals surface area contributed by atoms with E-state index in [1.54, 1.807) is 36.4 Å². The summed E-state index contributed by atoms with van der Waals surface area (Å²) < 4.78 is 55.3. The zero-order chi connectivity index (χ0) is 50.9. The fourth-order valence-corrected chi connectivity index (χ4v) is 9.20. The van der Waals surface area contributed by atoms with Crippen LogP contribution in [-0.4, -0.2) is 26.7 Å². The number of benzene rings is 6. The SMILES string of the molecule is Clc1ccc(COC(C[n+]2ccn(CCc3ccccc3)c2)c2ccc(Cl)cc2Cl)c(Cl)c1.Clc1ccc(COC(C[n+]2ccn(CCc3ccccc3)c2)c2ccc(Cl)cc2Cl)c(Cl)c1.O=S(=O)([O-])[O-]. The molecule has 2 unspecified atom stereocenters. The third-order valence-electron chi connectivity index (χ3n) is 10.8. The van der Waals surface area contributed by atoms with Gasteiger partial charge < -0.3 is 18.6 Å². The van der Waals surface area contributed by atoms with Crippen LogP contribution in [0.5, 0.6) is 0 Å². The molecule has 2 aromatic heterocycles. The van der Waals surface area contributed by atoms with Crippen LogP contribution in [0, 0.1) is 0 Å². The van der Waals surface area contributed by atoms with Crippen molar-refractivity contribution >= 4 is 103 Å². The maximum Gasteiger partial charge on any atom is 0.243 e. The lowest BCUT2D eigenvalue weighted by atomic mass is 10.1. The second-order valence-electron chi connectivity index (χ2n) is 16.0. The summed E-state index contributed by atoms with van der Waals surface area (Å²) in [6.07, 6.45) is 13.7. The predicted molar refractivity (Wildman–Crippen MR) is 281 cm³/mol. The molecule has 10 nitrogen and oxygen atoms in total. The first-order valence-electron chi connectivity index (χ1n) is 21.8. The Kier molecular flexibility index (Phi) is 22.0. The molecule has 0 spiro atoms. The van der Waals surface area contributed by atoms with Crippen molar-refractivity contribution in [2.24, 2.45) is 0 Å². The van der Waals surface area contributed by atoms with Crippen LogP contribution in [0.25, 0.3) is 0 Å². The molecule has 8 rings (SSSR count). The Balaban J connectivity index is 0.000000212. The molecule has 0 amide bonds. The average Bonchev–Trinajstić information content (AvgIpc) is 3.98. The number of hydrogen-bond donors (Lipinski definition) is 0. The van der Waals surface area contributed by atoms with E-state index in [1.807, 2.05) is 60.9 Å². The van der Waals surface area contributed by atoms with Crippen LogP contribution in [0.3, 0.4) is 0 Å². The molecule has 2 atom stereocenters. The highest BCUT2D eigenvalue weighted by Gasteiger charge is 2.22. The van der Waals surface area contributed by atoms with Crippen LogP contribution in [0.15, 0.2) is 171 Å². The van der Waals surface area contributed by atoms with Crippen LogP contribution >= 0.6 is 92.8 Å². The summed E-state index contributed by atoms with van der Waals surface area (Å²) in [5, 5.41) is 4.64. The molecule has 6 aromatic carbocycles. The van der Waals surface area contributed by atoms with Gasteiger partial charge in [0.2, 0.25) is 12.7 Å². The monoisotopic (exact) mass is 1130 g/mol. The van der Waals surface area contributed by atoms with E-state index in [0.717, 1.165) is 48.2 Å². The van der Waals surface area contributed by atoms with E-state index in [-0.39, 0.29) is 12.2 Å². The molecule has 71 heavy (non-hydrogen) atoms. The Morgan fingerprint density at radius 2 is 0.817 bits per heavy atom. The Labute approximate surface area is 453 Å². The van der Waals surface area contributed by atoms with Crippen molar-refractivity contribution in [1.29, 1.82) is 0 Å². The van der Waals surface area contributed by atoms with Gasteiger partial charge >= 0.3 is 0 Å². The molecule has 8 aromatic rings. The second kappa shape index (κ2) is 27.8. The first kappa shape index (κ1) is 56.2. The van der Waals surface area contributed by atoms with Crippen molar-refractivity contribution in [3.63, 3.8) is 0 Å². The van der Waals surface area contributed by atoms with Crippen molar-refractivity contribution in [3.8, 4) is 0 Å². The molecule has 0 saturated heterocycles. The van der Waals surface area contributed by atoms with Gasteiger partial charge in [-0.25, -0.2) is 18.3 Å². The van der Waals surface area contributed by atoms with Gasteiger partial charge in [0.25, 0.3) is 0 Å².